The summed E-state index contributed by atoms with van der Waals surface area (Å²) in [6.45, 7) is 2.16. The van der Waals surface area contributed by atoms with Gasteiger partial charge < -0.3 is 9.09 Å². The first-order chi connectivity index (χ1) is 9.15. The first-order valence-electron chi connectivity index (χ1n) is 6.33. The molecule has 0 aliphatic heterocycles. The van der Waals surface area contributed by atoms with Gasteiger partial charge in [-0.2, -0.15) is 0 Å². The van der Waals surface area contributed by atoms with Crippen LogP contribution in [-0.2, 0) is 13.0 Å². The van der Waals surface area contributed by atoms with E-state index in [1.54, 1.807) is 16.7 Å². The van der Waals surface area contributed by atoms with E-state index in [-0.39, 0.29) is 11.3 Å². The Hall–Kier alpha value is -2.17. The molecule has 0 unspecified atom stereocenters. The normalized spacial score (nSPS) is 14.5. The molecule has 3 rings (SSSR count). The van der Waals surface area contributed by atoms with Crippen molar-refractivity contribution in [1.29, 1.82) is 0 Å². The van der Waals surface area contributed by atoms with Crippen molar-refractivity contribution >= 4 is 5.78 Å². The van der Waals surface area contributed by atoms with E-state index in [9.17, 15) is 9.59 Å². The van der Waals surface area contributed by atoms with Crippen LogP contribution in [0.4, 0.5) is 0 Å². The predicted molar refractivity (Wildman–Crippen MR) is 68.3 cm³/mol. The van der Waals surface area contributed by atoms with Crippen molar-refractivity contribution in [3.05, 3.63) is 51.3 Å². The molecular formula is C14H14N2O3. The highest BCUT2D eigenvalue weighted by molar-refractivity contribution is 5.97. The number of hydrogen-bond donors (Lipinski definition) is 0. The van der Waals surface area contributed by atoms with Crippen LogP contribution in [0.3, 0.4) is 0 Å². The number of nitrogens with zero attached hydrogens (tertiary/aromatic N) is 2. The number of rotatable bonds is 2. The van der Waals surface area contributed by atoms with Crippen LogP contribution in [0, 0.1) is 6.92 Å². The van der Waals surface area contributed by atoms with Crippen LogP contribution in [-0.4, -0.2) is 15.5 Å². The van der Waals surface area contributed by atoms with E-state index in [1.165, 1.54) is 6.07 Å². The van der Waals surface area contributed by atoms with Gasteiger partial charge in [-0.3, -0.25) is 9.59 Å². The molecule has 0 spiro atoms. The number of Topliss-reactive ketones (excluding diaryl/α,β-unsaturated/α-hetero) is 1. The minimum Gasteiger partial charge on any atom is -0.361 e. The standard InChI is InChI=1S/C14H14N2O3/c1-9-7-10(15-19-9)8-16-12-3-2-4-13(17)11(12)5-6-14(16)18/h5-7H,2-4,8H2,1H3. The lowest BCUT2D eigenvalue weighted by Gasteiger charge is -2.19. The maximum atomic E-state index is 12.0. The van der Waals surface area contributed by atoms with Gasteiger partial charge in [0.05, 0.1) is 6.54 Å². The zero-order valence-corrected chi connectivity index (χ0v) is 10.7. The molecule has 5 heteroatoms. The van der Waals surface area contributed by atoms with Crippen molar-refractivity contribution in [3.8, 4) is 0 Å². The zero-order valence-electron chi connectivity index (χ0n) is 10.7. The summed E-state index contributed by atoms with van der Waals surface area (Å²) in [5.41, 5.74) is 2.09. The van der Waals surface area contributed by atoms with Crippen molar-refractivity contribution in [2.24, 2.45) is 0 Å². The van der Waals surface area contributed by atoms with Gasteiger partial charge in [0.15, 0.2) is 5.78 Å². The van der Waals surface area contributed by atoms with E-state index in [4.69, 9.17) is 4.52 Å². The average molecular weight is 258 g/mol. The monoisotopic (exact) mass is 258 g/mol. The third-order valence-electron chi connectivity index (χ3n) is 3.41. The number of fused-ring (bicyclic) bond motifs is 1. The summed E-state index contributed by atoms with van der Waals surface area (Å²) in [5, 5.41) is 3.90. The van der Waals surface area contributed by atoms with Crippen molar-refractivity contribution in [3.63, 3.8) is 0 Å². The molecule has 19 heavy (non-hydrogen) atoms. The molecule has 2 aromatic heterocycles. The Balaban J connectivity index is 2.07. The van der Waals surface area contributed by atoms with Crippen LogP contribution in [0.25, 0.3) is 0 Å². The quantitative estimate of drug-likeness (QED) is 0.822. The van der Waals surface area contributed by atoms with Crippen molar-refractivity contribution in [2.75, 3.05) is 0 Å². The van der Waals surface area contributed by atoms with Crippen LogP contribution in [0.1, 0.15) is 40.3 Å². The summed E-state index contributed by atoms with van der Waals surface area (Å²) in [4.78, 5) is 23.9. The molecule has 5 nitrogen and oxygen atoms in total. The van der Waals surface area contributed by atoms with E-state index in [2.05, 4.69) is 5.16 Å². The molecule has 0 saturated carbocycles. The topological polar surface area (TPSA) is 65.1 Å². The Morgan fingerprint density at radius 3 is 2.89 bits per heavy atom. The molecule has 0 aromatic carbocycles. The third-order valence-corrected chi connectivity index (χ3v) is 3.41. The zero-order chi connectivity index (χ0) is 13.4. The summed E-state index contributed by atoms with van der Waals surface area (Å²) < 4.78 is 6.64. The Bertz CT molecular complexity index is 697. The molecule has 0 saturated heterocycles. The van der Waals surface area contributed by atoms with Crippen molar-refractivity contribution in [1.82, 2.24) is 9.72 Å². The Morgan fingerprint density at radius 1 is 1.32 bits per heavy atom. The average Bonchev–Trinajstić information content (AvgIpc) is 2.79. The van der Waals surface area contributed by atoms with E-state index in [0.717, 1.165) is 18.5 Å². The Labute approximate surface area is 109 Å². The van der Waals surface area contributed by atoms with Crippen LogP contribution < -0.4 is 5.56 Å². The smallest absolute Gasteiger partial charge is 0.251 e. The molecule has 98 valence electrons. The number of pyridine rings is 1. The number of hydrogen-bond acceptors (Lipinski definition) is 4. The minimum absolute atomic E-state index is 0.103. The van der Waals surface area contributed by atoms with Gasteiger partial charge in [-0.1, -0.05) is 5.16 Å². The van der Waals surface area contributed by atoms with Gasteiger partial charge in [-0.25, -0.2) is 0 Å². The minimum atomic E-state index is -0.103. The van der Waals surface area contributed by atoms with Gasteiger partial charge in [0, 0.05) is 29.8 Å². The highest BCUT2D eigenvalue weighted by Gasteiger charge is 2.21. The van der Waals surface area contributed by atoms with Gasteiger partial charge in [-0.05, 0) is 25.8 Å². The van der Waals surface area contributed by atoms with Gasteiger partial charge >= 0.3 is 0 Å². The van der Waals surface area contributed by atoms with Crippen LogP contribution >= 0.6 is 0 Å². The second kappa shape index (κ2) is 4.50. The van der Waals surface area contributed by atoms with E-state index < -0.39 is 0 Å². The fraction of sp³-hybridized carbons (Fsp3) is 0.357. The van der Waals surface area contributed by atoms with Crippen molar-refractivity contribution < 1.29 is 9.32 Å². The van der Waals surface area contributed by atoms with E-state index in [0.29, 0.717) is 30.0 Å². The second-order valence-corrected chi connectivity index (χ2v) is 4.82. The largest absolute Gasteiger partial charge is 0.361 e. The molecule has 0 amide bonds. The summed E-state index contributed by atoms with van der Waals surface area (Å²) >= 11 is 0. The maximum absolute atomic E-state index is 12.0. The Morgan fingerprint density at radius 2 is 2.16 bits per heavy atom. The second-order valence-electron chi connectivity index (χ2n) is 4.82. The summed E-state index contributed by atoms with van der Waals surface area (Å²) in [7, 11) is 0. The van der Waals surface area contributed by atoms with Crippen LogP contribution in [0.2, 0.25) is 0 Å². The molecule has 2 heterocycles. The van der Waals surface area contributed by atoms with Crippen molar-refractivity contribution in [2.45, 2.75) is 32.7 Å². The SMILES string of the molecule is Cc1cc(Cn2c3c(ccc2=O)C(=O)CCC3)no1. The molecular weight excluding hydrogens is 244 g/mol. The lowest BCUT2D eigenvalue weighted by atomic mass is 9.94. The maximum Gasteiger partial charge on any atom is 0.251 e. The molecule has 0 bridgehead atoms. The van der Waals surface area contributed by atoms with E-state index >= 15 is 0 Å². The summed E-state index contributed by atoms with van der Waals surface area (Å²) in [6, 6.07) is 4.90. The molecule has 0 atom stereocenters. The molecule has 1 aliphatic rings. The summed E-state index contributed by atoms with van der Waals surface area (Å²) in [6.07, 6.45) is 2.12. The van der Waals surface area contributed by atoms with Gasteiger partial charge in [0.25, 0.3) is 5.56 Å². The fourth-order valence-electron chi connectivity index (χ4n) is 2.52. The van der Waals surface area contributed by atoms with Gasteiger partial charge in [0.2, 0.25) is 0 Å². The lowest BCUT2D eigenvalue weighted by molar-refractivity contribution is 0.0970. The van der Waals surface area contributed by atoms with E-state index in [1.807, 2.05) is 6.92 Å². The first-order valence-corrected chi connectivity index (χ1v) is 6.33. The number of carbonyl (C=O) groups is 1. The summed E-state index contributed by atoms with van der Waals surface area (Å²) in [5.74, 6) is 0.829. The predicted octanol–water partition coefficient (Wildman–Crippen LogP) is 1.71. The van der Waals surface area contributed by atoms with Gasteiger partial charge in [-0.15, -0.1) is 0 Å². The van der Waals surface area contributed by atoms with Crippen LogP contribution in [0.5, 0.6) is 0 Å². The van der Waals surface area contributed by atoms with Gasteiger partial charge in [0.1, 0.15) is 11.5 Å². The third kappa shape index (κ3) is 2.12. The number of aryl methyl sites for hydroxylation is 1. The van der Waals surface area contributed by atoms with Crippen LogP contribution in [0.15, 0.2) is 27.5 Å². The fourth-order valence-corrected chi connectivity index (χ4v) is 2.52. The number of aromatic nitrogens is 2. The lowest BCUT2D eigenvalue weighted by Crippen LogP contribution is -2.28. The molecule has 0 fully saturated rings. The molecule has 0 radical (unpaired) electrons. The highest BCUT2D eigenvalue weighted by Crippen LogP contribution is 2.20. The number of ketones is 1. The first kappa shape index (κ1) is 11.9. The molecule has 1 aliphatic carbocycles. The molecule has 0 N–H and O–H groups in total. The highest BCUT2D eigenvalue weighted by atomic mass is 16.5. The molecule has 2 aromatic rings. The Kier molecular flexibility index (Phi) is 2.81. The number of carbonyl (C=O) groups excluding carboxylic acids is 1.